The van der Waals surface area contributed by atoms with Crippen LogP contribution in [0, 0.1) is 0 Å². The fraction of sp³-hybridized carbons (Fsp3) is 0.435. The number of rotatable bonds is 7. The maximum atomic E-state index is 13.7. The van der Waals surface area contributed by atoms with E-state index in [0.29, 0.717) is 15.7 Å². The maximum absolute atomic E-state index is 13.7. The molecule has 3 atom stereocenters. The highest BCUT2D eigenvalue weighted by atomic mass is 16.5. The number of likely N-dealkylation sites (tertiary alicyclic amines) is 1. The number of hydrogen-bond acceptors (Lipinski definition) is 4. The highest BCUT2D eigenvalue weighted by Crippen LogP contribution is 2.40. The smallest absolute Gasteiger partial charge is 0.222 e. The van der Waals surface area contributed by atoms with Gasteiger partial charge in [-0.1, -0.05) is 18.2 Å². The number of nitrogens with zero attached hydrogens (tertiary/aromatic N) is 2. The van der Waals surface area contributed by atoms with E-state index in [-0.39, 0.29) is 17.9 Å². The summed E-state index contributed by atoms with van der Waals surface area (Å²) >= 11 is 0. The molecule has 0 bridgehead atoms. The topological polar surface area (TPSA) is 55.6 Å². The van der Waals surface area contributed by atoms with Crippen molar-refractivity contribution in [2.45, 2.75) is 31.8 Å². The first kappa shape index (κ1) is 20.4. The maximum Gasteiger partial charge on any atom is 0.222 e. The summed E-state index contributed by atoms with van der Waals surface area (Å²) in [6, 6.07) is 15.7. The number of ether oxygens (including phenoxy) is 1. The molecular formula is C23H32N3O2+. The van der Waals surface area contributed by atoms with Gasteiger partial charge in [0.25, 0.3) is 0 Å². The Hall–Kier alpha value is -2.37. The third-order valence-corrected chi connectivity index (χ3v) is 6.04. The number of hydrogen-bond donors (Lipinski definition) is 1. The van der Waals surface area contributed by atoms with Gasteiger partial charge in [-0.15, -0.1) is 0 Å². The predicted octanol–water partition coefficient (Wildman–Crippen LogP) is 3.58. The van der Waals surface area contributed by atoms with E-state index < -0.39 is 0 Å². The van der Waals surface area contributed by atoms with Crippen LogP contribution in [-0.4, -0.2) is 57.1 Å². The van der Waals surface area contributed by atoms with Crippen LogP contribution in [0.2, 0.25) is 0 Å². The van der Waals surface area contributed by atoms with Crippen molar-refractivity contribution in [3.05, 3.63) is 54.1 Å². The summed E-state index contributed by atoms with van der Waals surface area (Å²) in [7, 11) is 5.85. The van der Waals surface area contributed by atoms with Crippen molar-refractivity contribution in [2.24, 2.45) is 0 Å². The highest BCUT2D eigenvalue weighted by Gasteiger charge is 2.51. The van der Waals surface area contributed by atoms with Crippen molar-refractivity contribution in [3.8, 4) is 5.75 Å². The molecule has 0 aliphatic carbocycles. The Balaban J connectivity index is 2.11. The van der Waals surface area contributed by atoms with Crippen LogP contribution in [0.4, 0.5) is 11.4 Å². The minimum Gasteiger partial charge on any atom is -0.497 e. The summed E-state index contributed by atoms with van der Waals surface area (Å²) in [5.41, 5.74) is 8.50. The first-order valence-electron chi connectivity index (χ1n) is 9.95. The molecule has 1 aliphatic rings. The Labute approximate surface area is 168 Å². The average molecular weight is 383 g/mol. The number of ketones is 1. The summed E-state index contributed by atoms with van der Waals surface area (Å²) in [4.78, 5) is 15.9. The van der Waals surface area contributed by atoms with Crippen molar-refractivity contribution in [3.63, 3.8) is 0 Å². The van der Waals surface area contributed by atoms with Gasteiger partial charge in [-0.05, 0) is 45.3 Å². The van der Waals surface area contributed by atoms with Crippen molar-refractivity contribution in [1.29, 1.82) is 0 Å². The number of para-hydroxylation sites is 1. The van der Waals surface area contributed by atoms with Gasteiger partial charge >= 0.3 is 0 Å². The molecule has 150 valence electrons. The molecule has 0 spiro atoms. The van der Waals surface area contributed by atoms with E-state index in [4.69, 9.17) is 10.5 Å². The van der Waals surface area contributed by atoms with Gasteiger partial charge in [0.1, 0.15) is 17.5 Å². The average Bonchev–Trinajstić information content (AvgIpc) is 3.13. The molecule has 28 heavy (non-hydrogen) atoms. The minimum atomic E-state index is -0.147. The summed E-state index contributed by atoms with van der Waals surface area (Å²) in [6.07, 6.45) is 1.88. The number of likely N-dealkylation sites (N-methyl/N-ethyl adjacent to an activating group) is 1. The first-order chi connectivity index (χ1) is 13.4. The molecule has 3 rings (SSSR count). The normalized spacial score (nSPS) is 23.0. The van der Waals surface area contributed by atoms with Crippen molar-refractivity contribution in [2.75, 3.05) is 40.0 Å². The lowest BCUT2D eigenvalue weighted by Gasteiger charge is -2.45. The van der Waals surface area contributed by atoms with Gasteiger partial charge in [-0.2, -0.15) is 0 Å². The first-order valence-corrected chi connectivity index (χ1v) is 9.95. The number of carbonyl (C=O) groups is 1. The van der Waals surface area contributed by atoms with Crippen LogP contribution in [-0.2, 0) is 0 Å². The van der Waals surface area contributed by atoms with E-state index in [1.165, 1.54) is 0 Å². The SMILES string of the molecule is COc1cccc([N+]2(C(C)CN(C)C)CCCC2C(=O)c2ccccc2N)c1. The molecule has 1 heterocycles. The molecule has 2 N–H and O–H groups in total. The fourth-order valence-electron chi connectivity index (χ4n) is 4.81. The summed E-state index contributed by atoms with van der Waals surface area (Å²) in [6.45, 7) is 4.08. The van der Waals surface area contributed by atoms with Gasteiger partial charge in [0.05, 0.1) is 20.2 Å². The van der Waals surface area contributed by atoms with Gasteiger partial charge in [-0.3, -0.25) is 9.28 Å². The third-order valence-electron chi connectivity index (χ3n) is 6.04. The van der Waals surface area contributed by atoms with Gasteiger partial charge < -0.3 is 15.4 Å². The van der Waals surface area contributed by atoms with E-state index >= 15 is 0 Å². The number of nitrogens with two attached hydrogens (primary N) is 1. The summed E-state index contributed by atoms with van der Waals surface area (Å²) in [5, 5.41) is 0. The van der Waals surface area contributed by atoms with Crippen LogP contribution in [0.15, 0.2) is 48.5 Å². The lowest BCUT2D eigenvalue weighted by atomic mass is 9.96. The van der Waals surface area contributed by atoms with Crippen molar-refractivity contribution in [1.82, 2.24) is 9.38 Å². The van der Waals surface area contributed by atoms with Gasteiger partial charge in [0.15, 0.2) is 6.04 Å². The predicted molar refractivity (Wildman–Crippen MR) is 116 cm³/mol. The van der Waals surface area contributed by atoms with E-state index in [1.807, 2.05) is 36.4 Å². The molecule has 0 saturated carbocycles. The van der Waals surface area contributed by atoms with Gasteiger partial charge in [0.2, 0.25) is 5.78 Å². The second-order valence-corrected chi connectivity index (χ2v) is 8.08. The highest BCUT2D eigenvalue weighted by molar-refractivity contribution is 6.05. The molecule has 1 fully saturated rings. The zero-order valence-corrected chi connectivity index (χ0v) is 17.4. The second kappa shape index (κ2) is 8.33. The van der Waals surface area contributed by atoms with E-state index in [9.17, 15) is 4.79 Å². The molecule has 0 amide bonds. The van der Waals surface area contributed by atoms with Crippen LogP contribution in [0.3, 0.4) is 0 Å². The lowest BCUT2D eigenvalue weighted by molar-refractivity contribution is 0.0813. The molecule has 2 aromatic rings. The molecule has 5 nitrogen and oxygen atoms in total. The quantitative estimate of drug-likeness (QED) is 0.452. The number of carbonyl (C=O) groups excluding carboxylic acids is 1. The zero-order chi connectivity index (χ0) is 20.3. The van der Waals surface area contributed by atoms with Crippen LogP contribution < -0.4 is 15.0 Å². The van der Waals surface area contributed by atoms with Crippen LogP contribution in [0.5, 0.6) is 5.75 Å². The number of methoxy groups -OCH3 is 1. The third kappa shape index (κ3) is 3.64. The molecule has 1 saturated heterocycles. The summed E-state index contributed by atoms with van der Waals surface area (Å²) in [5.74, 6) is 0.966. The van der Waals surface area contributed by atoms with E-state index in [1.54, 1.807) is 7.11 Å². The monoisotopic (exact) mass is 382 g/mol. The van der Waals surface area contributed by atoms with Crippen LogP contribution in [0.25, 0.3) is 0 Å². The largest absolute Gasteiger partial charge is 0.497 e. The van der Waals surface area contributed by atoms with Crippen molar-refractivity contribution < 1.29 is 9.53 Å². The Morgan fingerprint density at radius 1 is 1.25 bits per heavy atom. The molecule has 3 unspecified atom stereocenters. The van der Waals surface area contributed by atoms with Crippen LogP contribution in [0.1, 0.15) is 30.1 Å². The Bertz CT molecular complexity index is 836. The van der Waals surface area contributed by atoms with E-state index in [0.717, 1.165) is 37.4 Å². The minimum absolute atomic E-state index is 0.143. The van der Waals surface area contributed by atoms with Gasteiger partial charge in [0, 0.05) is 30.2 Å². The van der Waals surface area contributed by atoms with Crippen molar-refractivity contribution >= 4 is 17.2 Å². The number of anilines is 1. The van der Waals surface area contributed by atoms with Gasteiger partial charge in [-0.25, -0.2) is 0 Å². The molecule has 5 heteroatoms. The molecule has 0 aromatic heterocycles. The molecule has 1 aliphatic heterocycles. The molecule has 0 radical (unpaired) electrons. The number of benzene rings is 2. The number of nitrogen functional groups attached to an aromatic ring is 1. The standard InChI is InChI=1S/C23H31N3O2/c1-17(16-25(2)3)26(18-9-7-10-19(15-18)28-4)14-8-13-22(26)23(27)20-11-5-6-12-21(20)24/h5-7,9-12,15,17,22H,8,13-14,16H2,1-4H3,(H-,24,27)/p+1. The summed E-state index contributed by atoms with van der Waals surface area (Å²) < 4.78 is 6.14. The number of quaternary nitrogens is 1. The molecular weight excluding hydrogens is 350 g/mol. The zero-order valence-electron chi connectivity index (χ0n) is 17.4. The lowest BCUT2D eigenvalue weighted by Crippen LogP contribution is -2.63. The number of Topliss-reactive ketones (excluding diaryl/α,β-unsaturated/α-hetero) is 1. The Morgan fingerprint density at radius 2 is 2.00 bits per heavy atom. The van der Waals surface area contributed by atoms with Crippen LogP contribution >= 0.6 is 0 Å². The molecule has 2 aromatic carbocycles. The fourth-order valence-corrected chi connectivity index (χ4v) is 4.81. The Morgan fingerprint density at radius 3 is 2.68 bits per heavy atom. The van der Waals surface area contributed by atoms with E-state index in [2.05, 4.69) is 38.1 Å². The second-order valence-electron chi connectivity index (χ2n) is 8.08. The Kier molecular flexibility index (Phi) is 6.06.